The van der Waals surface area contributed by atoms with Crippen LogP contribution >= 0.6 is 22.7 Å². The number of para-hydroxylation sites is 1. The smallest absolute Gasteiger partial charge is 0.0906 e. The lowest BCUT2D eigenvalue weighted by molar-refractivity contribution is 0.768. The minimum absolute atomic E-state index is 0.389. The van der Waals surface area contributed by atoms with Gasteiger partial charge in [0.25, 0.3) is 0 Å². The summed E-state index contributed by atoms with van der Waals surface area (Å²) in [5.74, 6) is 0. The third-order valence-corrected chi connectivity index (χ3v) is 12.0. The van der Waals surface area contributed by atoms with Gasteiger partial charge in [0.2, 0.25) is 0 Å². The average Bonchev–Trinajstić information content (AvgIpc) is 3.80. The molecule has 10 rings (SSSR count). The molecule has 44 heavy (non-hydrogen) atoms. The number of hydrogen-bond acceptors (Lipinski definition) is 2. The maximum Gasteiger partial charge on any atom is 0.0906 e. The number of benzene rings is 6. The van der Waals surface area contributed by atoms with Crippen molar-refractivity contribution in [2.75, 3.05) is 0 Å². The van der Waals surface area contributed by atoms with Crippen molar-refractivity contribution in [3.8, 4) is 16.8 Å². The second kappa shape index (κ2) is 9.03. The first-order chi connectivity index (χ1) is 21.8. The molecule has 206 valence electrons. The highest BCUT2D eigenvalue weighted by Gasteiger charge is 2.46. The first-order valence-electron chi connectivity index (χ1n) is 15.0. The fourth-order valence-electron chi connectivity index (χ4n) is 7.80. The number of fused-ring (bicyclic) bond motifs is 10. The highest BCUT2D eigenvalue weighted by Crippen LogP contribution is 2.57. The molecule has 0 N–H and O–H groups in total. The van der Waals surface area contributed by atoms with E-state index in [1.165, 1.54) is 79.7 Å². The zero-order valence-electron chi connectivity index (χ0n) is 23.7. The lowest BCUT2D eigenvalue weighted by atomic mass is 9.68. The number of hydrogen-bond donors (Lipinski definition) is 0. The van der Waals surface area contributed by atoms with Crippen molar-refractivity contribution in [3.05, 3.63) is 174 Å². The van der Waals surface area contributed by atoms with Gasteiger partial charge < -0.3 is 4.57 Å². The summed E-state index contributed by atoms with van der Waals surface area (Å²) in [4.78, 5) is 0. The predicted molar refractivity (Wildman–Crippen MR) is 189 cm³/mol. The van der Waals surface area contributed by atoms with Gasteiger partial charge in [-0.25, -0.2) is 0 Å². The molecule has 1 aliphatic carbocycles. The van der Waals surface area contributed by atoms with Crippen LogP contribution < -0.4 is 0 Å². The van der Waals surface area contributed by atoms with Crippen LogP contribution in [0.1, 0.15) is 22.3 Å². The van der Waals surface area contributed by atoms with E-state index in [9.17, 15) is 0 Å². The fraction of sp³-hybridized carbons (Fsp3) is 0.0244. The molecule has 3 heteroatoms. The molecular formula is C41H25NS2. The highest BCUT2D eigenvalue weighted by atomic mass is 32.2. The standard InChI is InChI=1S/C41H25NS2/c1-3-13-26(14-4-1)41(27-15-5-2-6-16-27)33-20-10-7-17-29(33)32-25-28(23-24-34(32)41)42-35-21-11-8-18-30(35)39-38(42)37-31-19-9-12-22-36(31)43-40(37)44-39/h1-25H. The van der Waals surface area contributed by atoms with Gasteiger partial charge in [-0.1, -0.05) is 127 Å². The molecule has 0 amide bonds. The van der Waals surface area contributed by atoms with Crippen molar-refractivity contribution in [1.82, 2.24) is 4.57 Å². The molecule has 0 atom stereocenters. The number of rotatable bonds is 3. The zero-order valence-corrected chi connectivity index (χ0v) is 25.3. The Labute approximate surface area is 262 Å². The van der Waals surface area contributed by atoms with Gasteiger partial charge in [-0.3, -0.25) is 0 Å². The molecule has 3 heterocycles. The molecule has 9 aromatic rings. The molecule has 1 aliphatic rings. The SMILES string of the molecule is c1ccc(C2(c3ccccc3)c3ccccc3-c3cc(-n4c5ccccc5c5sc6sc7ccccc7c6c54)ccc32)cc1. The Bertz CT molecular complexity index is 2510. The molecule has 0 aliphatic heterocycles. The van der Waals surface area contributed by atoms with Crippen LogP contribution in [-0.2, 0) is 5.41 Å². The van der Waals surface area contributed by atoms with Crippen molar-refractivity contribution < 1.29 is 0 Å². The molecule has 0 saturated carbocycles. The topological polar surface area (TPSA) is 4.93 Å². The van der Waals surface area contributed by atoms with Crippen LogP contribution in [-0.4, -0.2) is 4.57 Å². The van der Waals surface area contributed by atoms with E-state index in [2.05, 4.69) is 156 Å². The number of thiophene rings is 2. The normalized spacial score (nSPS) is 13.6. The Morgan fingerprint density at radius 2 is 1.14 bits per heavy atom. The van der Waals surface area contributed by atoms with Gasteiger partial charge in [0.15, 0.2) is 0 Å². The molecular weight excluding hydrogens is 571 g/mol. The molecule has 6 aromatic carbocycles. The van der Waals surface area contributed by atoms with Crippen LogP contribution in [0.2, 0.25) is 0 Å². The van der Waals surface area contributed by atoms with Gasteiger partial charge in [-0.05, 0) is 57.6 Å². The van der Waals surface area contributed by atoms with Gasteiger partial charge >= 0.3 is 0 Å². The highest BCUT2D eigenvalue weighted by molar-refractivity contribution is 7.45. The van der Waals surface area contributed by atoms with Crippen LogP contribution in [0.5, 0.6) is 0 Å². The van der Waals surface area contributed by atoms with E-state index in [1.807, 2.05) is 22.7 Å². The first kappa shape index (κ1) is 24.5. The van der Waals surface area contributed by atoms with Gasteiger partial charge in [-0.2, -0.15) is 0 Å². The summed E-state index contributed by atoms with van der Waals surface area (Å²) in [6, 6.07) is 56.1. The summed E-state index contributed by atoms with van der Waals surface area (Å²) >= 11 is 3.85. The summed E-state index contributed by atoms with van der Waals surface area (Å²) in [5.41, 5.74) is 11.3. The molecule has 0 spiro atoms. The van der Waals surface area contributed by atoms with Crippen LogP contribution in [0.15, 0.2) is 152 Å². The van der Waals surface area contributed by atoms with Crippen LogP contribution in [0.4, 0.5) is 0 Å². The molecule has 3 aromatic heterocycles. The predicted octanol–water partition coefficient (Wildman–Crippen LogP) is 11.6. The Morgan fingerprint density at radius 3 is 1.93 bits per heavy atom. The van der Waals surface area contributed by atoms with Gasteiger partial charge in [0.05, 0.1) is 25.2 Å². The van der Waals surface area contributed by atoms with Gasteiger partial charge in [0.1, 0.15) is 0 Å². The Kier molecular flexibility index (Phi) is 5.02. The lowest BCUT2D eigenvalue weighted by Gasteiger charge is -2.33. The summed E-state index contributed by atoms with van der Waals surface area (Å²) in [6.45, 7) is 0. The second-order valence-corrected chi connectivity index (χ2v) is 14.0. The van der Waals surface area contributed by atoms with Crippen LogP contribution in [0.25, 0.3) is 57.4 Å². The maximum atomic E-state index is 2.52. The van der Waals surface area contributed by atoms with Gasteiger partial charge in [-0.15, -0.1) is 22.7 Å². The summed E-state index contributed by atoms with van der Waals surface area (Å²) < 4.78 is 6.65. The van der Waals surface area contributed by atoms with Crippen molar-refractivity contribution in [2.24, 2.45) is 0 Å². The minimum atomic E-state index is -0.389. The zero-order chi connectivity index (χ0) is 28.8. The van der Waals surface area contributed by atoms with Crippen molar-refractivity contribution in [1.29, 1.82) is 0 Å². The molecule has 0 radical (unpaired) electrons. The largest absolute Gasteiger partial charge is 0.308 e. The summed E-state index contributed by atoms with van der Waals surface area (Å²) in [6.07, 6.45) is 0. The van der Waals surface area contributed by atoms with Gasteiger partial charge in [0, 0.05) is 26.5 Å². The molecule has 0 unspecified atom stereocenters. The third-order valence-electron chi connectivity index (χ3n) is 9.52. The molecule has 0 bridgehead atoms. The van der Waals surface area contributed by atoms with E-state index in [1.54, 1.807) is 0 Å². The minimum Gasteiger partial charge on any atom is -0.308 e. The second-order valence-electron chi connectivity index (χ2n) is 11.7. The Hall–Kier alpha value is -4.96. The number of nitrogens with zero attached hydrogens (tertiary/aromatic N) is 1. The van der Waals surface area contributed by atoms with E-state index >= 15 is 0 Å². The van der Waals surface area contributed by atoms with E-state index in [-0.39, 0.29) is 5.41 Å². The molecule has 1 nitrogen and oxygen atoms in total. The van der Waals surface area contributed by atoms with Crippen molar-refractivity contribution in [2.45, 2.75) is 5.41 Å². The Balaban J connectivity index is 1.33. The lowest BCUT2D eigenvalue weighted by Crippen LogP contribution is -2.28. The Morgan fingerprint density at radius 1 is 0.500 bits per heavy atom. The monoisotopic (exact) mass is 595 g/mol. The van der Waals surface area contributed by atoms with Crippen LogP contribution in [0.3, 0.4) is 0 Å². The van der Waals surface area contributed by atoms with E-state index in [0.717, 1.165) is 0 Å². The third kappa shape index (κ3) is 3.08. The van der Waals surface area contributed by atoms with Crippen molar-refractivity contribution in [3.63, 3.8) is 0 Å². The fourth-order valence-corrected chi connectivity index (χ4v) is 10.5. The first-order valence-corrected chi connectivity index (χ1v) is 16.7. The summed E-state index contributed by atoms with van der Waals surface area (Å²) in [5, 5.41) is 4.05. The van der Waals surface area contributed by atoms with Crippen LogP contribution in [0, 0.1) is 0 Å². The molecule has 0 saturated heterocycles. The number of aromatic nitrogens is 1. The quantitative estimate of drug-likeness (QED) is 0.191. The van der Waals surface area contributed by atoms with E-state index in [0.29, 0.717) is 0 Å². The van der Waals surface area contributed by atoms with Crippen molar-refractivity contribution >= 4 is 63.3 Å². The maximum absolute atomic E-state index is 2.52. The summed E-state index contributed by atoms with van der Waals surface area (Å²) in [7, 11) is 0. The van der Waals surface area contributed by atoms with E-state index < -0.39 is 0 Å². The average molecular weight is 596 g/mol. The van der Waals surface area contributed by atoms with E-state index in [4.69, 9.17) is 0 Å². The molecule has 0 fully saturated rings.